The third-order valence-corrected chi connectivity index (χ3v) is 3.37. The maximum absolute atomic E-state index is 12.3. The van der Waals surface area contributed by atoms with Crippen LogP contribution < -0.4 is 0 Å². The Bertz CT molecular complexity index is 539. The molecule has 6 nitrogen and oxygen atoms in total. The van der Waals surface area contributed by atoms with Crippen molar-refractivity contribution in [1.29, 1.82) is 0 Å². The maximum Gasteiger partial charge on any atom is 0.516 e. The summed E-state index contributed by atoms with van der Waals surface area (Å²) in [6, 6.07) is 9.40. The summed E-state index contributed by atoms with van der Waals surface area (Å²) in [4.78, 5) is 35.8. The van der Waals surface area contributed by atoms with Crippen LogP contribution >= 0.6 is 0 Å². The molecule has 126 valence electrons. The number of hydrogen-bond acceptors (Lipinski definition) is 6. The highest BCUT2D eigenvalue weighted by molar-refractivity contribution is 6.02. The summed E-state index contributed by atoms with van der Waals surface area (Å²) in [5.41, 5.74) is -0.606. The van der Waals surface area contributed by atoms with E-state index in [0.29, 0.717) is 6.42 Å². The largest absolute Gasteiger partial charge is 0.516 e. The van der Waals surface area contributed by atoms with Gasteiger partial charge in [-0.05, 0) is 39.2 Å². The Morgan fingerprint density at radius 3 is 2.13 bits per heavy atom. The van der Waals surface area contributed by atoms with Crippen LogP contribution in [-0.4, -0.2) is 31.3 Å². The third kappa shape index (κ3) is 5.39. The topological polar surface area (TPSA) is 78.9 Å². The molecule has 1 aromatic carbocycles. The summed E-state index contributed by atoms with van der Waals surface area (Å²) in [7, 11) is 0. The molecule has 6 heteroatoms. The van der Waals surface area contributed by atoms with Gasteiger partial charge in [0.2, 0.25) is 0 Å². The fourth-order valence-electron chi connectivity index (χ4n) is 1.95. The standard InChI is InChI=1S/C17H22O6/c1-4-21-14(18)17(3,15(19)23-16(20)22-5-2)12-11-13-9-7-6-8-10-13/h6-10H,4-5,11-12H2,1-3H3. The Morgan fingerprint density at radius 1 is 0.957 bits per heavy atom. The fraction of sp³-hybridized carbons (Fsp3) is 0.471. The van der Waals surface area contributed by atoms with Gasteiger partial charge in [-0.2, -0.15) is 0 Å². The molecule has 1 rings (SSSR count). The molecule has 0 aromatic heterocycles. The minimum atomic E-state index is -1.57. The van der Waals surface area contributed by atoms with E-state index in [1.807, 2.05) is 30.3 Å². The van der Waals surface area contributed by atoms with Crippen molar-refractivity contribution in [3.63, 3.8) is 0 Å². The van der Waals surface area contributed by atoms with E-state index in [-0.39, 0.29) is 19.6 Å². The Hall–Kier alpha value is -2.37. The van der Waals surface area contributed by atoms with Crippen LogP contribution in [0.1, 0.15) is 32.8 Å². The molecule has 1 aromatic rings. The van der Waals surface area contributed by atoms with Gasteiger partial charge in [-0.3, -0.25) is 9.59 Å². The van der Waals surface area contributed by atoms with E-state index >= 15 is 0 Å². The summed E-state index contributed by atoms with van der Waals surface area (Å²) < 4.78 is 14.2. The van der Waals surface area contributed by atoms with Gasteiger partial charge in [0.05, 0.1) is 13.2 Å². The molecular formula is C17H22O6. The number of hydrogen-bond donors (Lipinski definition) is 0. The Morgan fingerprint density at radius 2 is 1.57 bits per heavy atom. The number of carbonyl (C=O) groups excluding carboxylic acids is 3. The highest BCUT2D eigenvalue weighted by Gasteiger charge is 2.45. The monoisotopic (exact) mass is 322 g/mol. The second-order valence-electron chi connectivity index (χ2n) is 5.11. The second-order valence-corrected chi connectivity index (χ2v) is 5.11. The van der Waals surface area contributed by atoms with Crippen molar-refractivity contribution in [2.24, 2.45) is 5.41 Å². The van der Waals surface area contributed by atoms with Gasteiger partial charge in [-0.25, -0.2) is 4.79 Å². The van der Waals surface area contributed by atoms with E-state index in [4.69, 9.17) is 4.74 Å². The van der Waals surface area contributed by atoms with E-state index in [1.165, 1.54) is 6.92 Å². The molecule has 0 heterocycles. The van der Waals surface area contributed by atoms with Crippen molar-refractivity contribution in [2.75, 3.05) is 13.2 Å². The molecule has 1 unspecified atom stereocenters. The van der Waals surface area contributed by atoms with E-state index in [2.05, 4.69) is 9.47 Å². The molecule has 0 fully saturated rings. The van der Waals surface area contributed by atoms with E-state index < -0.39 is 23.5 Å². The van der Waals surface area contributed by atoms with Gasteiger partial charge >= 0.3 is 18.1 Å². The molecule has 0 spiro atoms. The summed E-state index contributed by atoms with van der Waals surface area (Å²) in [6.07, 6.45) is -0.491. The third-order valence-electron chi connectivity index (χ3n) is 3.37. The van der Waals surface area contributed by atoms with Crippen molar-refractivity contribution in [1.82, 2.24) is 0 Å². The van der Waals surface area contributed by atoms with Gasteiger partial charge < -0.3 is 14.2 Å². The predicted octanol–water partition coefficient (Wildman–Crippen LogP) is 2.89. The van der Waals surface area contributed by atoms with Gasteiger partial charge in [0.25, 0.3) is 0 Å². The SMILES string of the molecule is CCOC(=O)OC(=O)C(C)(CCc1ccccc1)C(=O)OCC. The van der Waals surface area contributed by atoms with Gasteiger partial charge in [0.15, 0.2) is 5.41 Å². The van der Waals surface area contributed by atoms with Gasteiger partial charge in [-0.1, -0.05) is 30.3 Å². The lowest BCUT2D eigenvalue weighted by molar-refractivity contribution is -0.168. The van der Waals surface area contributed by atoms with Crippen molar-refractivity contribution >= 4 is 18.1 Å². The molecule has 0 aliphatic carbocycles. The first-order valence-corrected chi connectivity index (χ1v) is 7.54. The smallest absolute Gasteiger partial charge is 0.465 e. The molecule has 0 N–H and O–H groups in total. The zero-order valence-corrected chi connectivity index (χ0v) is 13.7. The van der Waals surface area contributed by atoms with Crippen LogP contribution in [0.3, 0.4) is 0 Å². The van der Waals surface area contributed by atoms with Crippen LogP contribution in [-0.2, 0) is 30.2 Å². The number of benzene rings is 1. The number of rotatable bonds is 7. The lowest BCUT2D eigenvalue weighted by Gasteiger charge is -2.24. The molecule has 0 aliphatic heterocycles. The summed E-state index contributed by atoms with van der Waals surface area (Å²) in [6.45, 7) is 4.85. The summed E-state index contributed by atoms with van der Waals surface area (Å²) in [5.74, 6) is -1.68. The maximum atomic E-state index is 12.3. The average Bonchev–Trinajstić information content (AvgIpc) is 2.53. The van der Waals surface area contributed by atoms with Crippen LogP contribution in [0.2, 0.25) is 0 Å². The molecule has 1 atom stereocenters. The molecule has 0 saturated carbocycles. The van der Waals surface area contributed by atoms with Crippen molar-refractivity contribution < 1.29 is 28.6 Å². The van der Waals surface area contributed by atoms with Crippen LogP contribution in [0.4, 0.5) is 4.79 Å². The lowest BCUT2D eigenvalue weighted by atomic mass is 9.84. The average molecular weight is 322 g/mol. The molecular weight excluding hydrogens is 300 g/mol. The first kappa shape index (κ1) is 18.7. The van der Waals surface area contributed by atoms with Crippen LogP contribution in [0, 0.1) is 5.41 Å². The molecule has 0 aliphatic rings. The van der Waals surface area contributed by atoms with Crippen LogP contribution in [0.15, 0.2) is 30.3 Å². The van der Waals surface area contributed by atoms with Crippen molar-refractivity contribution in [2.45, 2.75) is 33.6 Å². The molecule has 0 amide bonds. The normalized spacial score (nSPS) is 12.8. The molecule has 0 bridgehead atoms. The summed E-state index contributed by atoms with van der Waals surface area (Å²) in [5, 5.41) is 0. The van der Waals surface area contributed by atoms with Crippen LogP contribution in [0.5, 0.6) is 0 Å². The van der Waals surface area contributed by atoms with E-state index in [9.17, 15) is 14.4 Å². The number of aryl methyl sites for hydroxylation is 1. The van der Waals surface area contributed by atoms with Crippen molar-refractivity contribution in [3.8, 4) is 0 Å². The van der Waals surface area contributed by atoms with Gasteiger partial charge in [-0.15, -0.1) is 0 Å². The van der Waals surface area contributed by atoms with Crippen LogP contribution in [0.25, 0.3) is 0 Å². The Kier molecular flexibility index (Phi) is 7.25. The van der Waals surface area contributed by atoms with E-state index in [0.717, 1.165) is 5.56 Å². The Labute approximate surface area is 135 Å². The highest BCUT2D eigenvalue weighted by atomic mass is 16.7. The molecule has 23 heavy (non-hydrogen) atoms. The number of esters is 2. The first-order valence-electron chi connectivity index (χ1n) is 7.54. The van der Waals surface area contributed by atoms with Gasteiger partial charge in [0, 0.05) is 0 Å². The fourth-order valence-corrected chi connectivity index (χ4v) is 1.95. The zero-order valence-electron chi connectivity index (χ0n) is 13.7. The van der Waals surface area contributed by atoms with Crippen molar-refractivity contribution in [3.05, 3.63) is 35.9 Å². The lowest BCUT2D eigenvalue weighted by Crippen LogP contribution is -2.41. The predicted molar refractivity (Wildman–Crippen MR) is 82.6 cm³/mol. The molecule has 0 saturated heterocycles. The molecule has 0 radical (unpaired) electrons. The van der Waals surface area contributed by atoms with Gasteiger partial charge in [0.1, 0.15) is 0 Å². The summed E-state index contributed by atoms with van der Waals surface area (Å²) >= 11 is 0. The second kappa shape index (κ2) is 8.92. The Balaban J connectivity index is 2.86. The number of ether oxygens (including phenoxy) is 3. The quantitative estimate of drug-likeness (QED) is 0.567. The first-order chi connectivity index (χ1) is 10.9. The minimum absolute atomic E-state index is 0.0756. The highest BCUT2D eigenvalue weighted by Crippen LogP contribution is 2.28. The minimum Gasteiger partial charge on any atom is -0.465 e. The number of carbonyl (C=O) groups is 3. The van der Waals surface area contributed by atoms with E-state index in [1.54, 1.807) is 13.8 Å². The zero-order chi connectivity index (χ0) is 17.3.